The van der Waals surface area contributed by atoms with Crippen molar-refractivity contribution >= 4 is 17.7 Å². The molecule has 0 aromatic heterocycles. The van der Waals surface area contributed by atoms with Crippen molar-refractivity contribution in [3.05, 3.63) is 29.8 Å². The molecule has 1 aromatic carbocycles. The molecule has 1 aromatic rings. The molecule has 1 saturated heterocycles. The summed E-state index contributed by atoms with van der Waals surface area (Å²) in [6, 6.07) is 7.90. The van der Waals surface area contributed by atoms with E-state index >= 15 is 0 Å². The number of carbonyl (C=O) groups is 1. The van der Waals surface area contributed by atoms with Gasteiger partial charge in [0.05, 0.1) is 13.7 Å². The van der Waals surface area contributed by atoms with Gasteiger partial charge in [0.1, 0.15) is 11.9 Å². The first-order valence-corrected chi connectivity index (χ1v) is 8.14. The molecule has 110 valence electrons. The van der Waals surface area contributed by atoms with Gasteiger partial charge in [-0.05, 0) is 30.4 Å². The molecule has 20 heavy (non-hydrogen) atoms. The van der Waals surface area contributed by atoms with E-state index in [9.17, 15) is 4.79 Å². The number of ether oxygens (including phenoxy) is 1. The van der Waals surface area contributed by atoms with Gasteiger partial charge in [0.15, 0.2) is 0 Å². The summed E-state index contributed by atoms with van der Waals surface area (Å²) in [7, 11) is 1.66. The second-order valence-corrected chi connectivity index (χ2v) is 6.26. The zero-order valence-corrected chi connectivity index (χ0v) is 13.1. The van der Waals surface area contributed by atoms with E-state index in [1.54, 1.807) is 7.11 Å². The number of hydrogen-bond donors (Lipinski definition) is 1. The van der Waals surface area contributed by atoms with Gasteiger partial charge < -0.3 is 9.64 Å². The normalized spacial score (nSPS) is 20.2. The van der Waals surface area contributed by atoms with Crippen LogP contribution in [-0.4, -0.2) is 42.5 Å². The monoisotopic (exact) mass is 294 g/mol. The van der Waals surface area contributed by atoms with Crippen molar-refractivity contribution in [3.8, 4) is 5.75 Å². The average Bonchev–Trinajstić information content (AvgIpc) is 2.85. The summed E-state index contributed by atoms with van der Waals surface area (Å²) in [6.07, 6.45) is 3.08. The number of hydrogen-bond acceptors (Lipinski definition) is 4. The highest BCUT2D eigenvalue weighted by Gasteiger charge is 2.31. The van der Waals surface area contributed by atoms with Gasteiger partial charge in [-0.3, -0.25) is 10.1 Å². The minimum absolute atomic E-state index is 0.0355. The first-order valence-electron chi connectivity index (χ1n) is 6.85. The molecule has 0 saturated carbocycles. The number of amides is 1. The molecule has 5 heteroatoms. The third kappa shape index (κ3) is 3.46. The zero-order chi connectivity index (χ0) is 14.5. The van der Waals surface area contributed by atoms with E-state index in [0.717, 1.165) is 24.3 Å². The van der Waals surface area contributed by atoms with Crippen molar-refractivity contribution in [2.45, 2.75) is 24.8 Å². The van der Waals surface area contributed by atoms with Gasteiger partial charge in [0.25, 0.3) is 0 Å². The van der Waals surface area contributed by atoms with Crippen LogP contribution in [0.2, 0.25) is 0 Å². The van der Waals surface area contributed by atoms with Gasteiger partial charge in [-0.25, -0.2) is 0 Å². The Bertz CT molecular complexity index is 467. The number of methoxy groups -OCH3 is 1. The molecule has 0 bridgehead atoms. The Morgan fingerprint density at radius 2 is 2.35 bits per heavy atom. The fourth-order valence-electron chi connectivity index (χ4n) is 2.34. The van der Waals surface area contributed by atoms with Crippen molar-refractivity contribution in [3.63, 3.8) is 0 Å². The molecule has 1 N–H and O–H groups in total. The van der Waals surface area contributed by atoms with Crippen molar-refractivity contribution in [1.29, 1.82) is 0 Å². The van der Waals surface area contributed by atoms with Crippen LogP contribution in [0, 0.1) is 0 Å². The summed E-state index contributed by atoms with van der Waals surface area (Å²) in [5.74, 6) is 0.993. The van der Waals surface area contributed by atoms with Crippen LogP contribution < -0.4 is 10.1 Å². The lowest BCUT2D eigenvalue weighted by atomic mass is 10.1. The molecule has 0 radical (unpaired) electrons. The van der Waals surface area contributed by atoms with E-state index < -0.39 is 0 Å². The summed E-state index contributed by atoms with van der Waals surface area (Å²) < 4.78 is 5.26. The maximum absolute atomic E-state index is 12.0. The minimum atomic E-state index is -0.0355. The Morgan fingerprint density at radius 1 is 1.55 bits per heavy atom. The summed E-state index contributed by atoms with van der Waals surface area (Å²) in [6.45, 7) is 3.39. The van der Waals surface area contributed by atoms with Crippen LogP contribution in [-0.2, 0) is 4.79 Å². The highest BCUT2D eigenvalue weighted by molar-refractivity contribution is 7.99. The van der Waals surface area contributed by atoms with Crippen LogP contribution in [0.4, 0.5) is 0 Å². The molecule has 1 amide bonds. The highest BCUT2D eigenvalue weighted by Crippen LogP contribution is 2.26. The topological polar surface area (TPSA) is 41.6 Å². The largest absolute Gasteiger partial charge is 0.497 e. The van der Waals surface area contributed by atoms with Gasteiger partial charge in [0.2, 0.25) is 5.91 Å². The van der Waals surface area contributed by atoms with Crippen LogP contribution in [0.15, 0.2) is 24.3 Å². The lowest BCUT2D eigenvalue weighted by Crippen LogP contribution is -2.32. The summed E-state index contributed by atoms with van der Waals surface area (Å²) in [4.78, 5) is 14.0. The molecule has 4 nitrogen and oxygen atoms in total. The minimum Gasteiger partial charge on any atom is -0.497 e. The highest BCUT2D eigenvalue weighted by atomic mass is 32.2. The second kappa shape index (κ2) is 6.99. The van der Waals surface area contributed by atoms with Crippen LogP contribution in [0.1, 0.15) is 25.1 Å². The van der Waals surface area contributed by atoms with Gasteiger partial charge in [-0.2, -0.15) is 11.8 Å². The maximum Gasteiger partial charge on any atom is 0.238 e. The van der Waals surface area contributed by atoms with E-state index in [0.29, 0.717) is 11.8 Å². The number of rotatable bonds is 6. The number of carbonyl (C=O) groups excluding carboxylic acids is 1. The van der Waals surface area contributed by atoms with E-state index in [2.05, 4.69) is 18.5 Å². The lowest BCUT2D eigenvalue weighted by Gasteiger charge is -2.26. The molecule has 2 atom stereocenters. The molecule has 0 aliphatic carbocycles. The summed E-state index contributed by atoms with van der Waals surface area (Å²) in [5.41, 5.74) is 1.08. The smallest absolute Gasteiger partial charge is 0.238 e. The number of nitrogens with zero attached hydrogens (tertiary/aromatic N) is 1. The first kappa shape index (κ1) is 15.2. The fourth-order valence-corrected chi connectivity index (χ4v) is 2.68. The van der Waals surface area contributed by atoms with Gasteiger partial charge in [-0.1, -0.05) is 19.1 Å². The lowest BCUT2D eigenvalue weighted by molar-refractivity contribution is -0.128. The van der Waals surface area contributed by atoms with Crippen LogP contribution >= 0.6 is 11.8 Å². The Hall–Kier alpha value is -1.20. The predicted octanol–water partition coefficient (Wildman–Crippen LogP) is 2.27. The molecule has 1 heterocycles. The zero-order valence-electron chi connectivity index (χ0n) is 12.3. The molecule has 1 aliphatic rings. The van der Waals surface area contributed by atoms with Crippen LogP contribution in [0.3, 0.4) is 0 Å². The Balaban J connectivity index is 2.10. The quantitative estimate of drug-likeness (QED) is 0.874. The Morgan fingerprint density at radius 3 is 3.05 bits per heavy atom. The van der Waals surface area contributed by atoms with Crippen LogP contribution in [0.25, 0.3) is 0 Å². The first-order chi connectivity index (χ1) is 9.65. The molecule has 0 spiro atoms. The molecule has 2 unspecified atom stereocenters. The van der Waals surface area contributed by atoms with Gasteiger partial charge >= 0.3 is 0 Å². The second-order valence-electron chi connectivity index (χ2n) is 4.98. The van der Waals surface area contributed by atoms with E-state index in [1.807, 2.05) is 40.9 Å². The van der Waals surface area contributed by atoms with Crippen molar-refractivity contribution < 1.29 is 9.53 Å². The maximum atomic E-state index is 12.0. The molecule has 1 aliphatic heterocycles. The van der Waals surface area contributed by atoms with E-state index in [4.69, 9.17) is 4.74 Å². The molecular weight excluding hydrogens is 272 g/mol. The Labute approximate surface area is 124 Å². The molecule has 2 rings (SSSR count). The number of nitrogens with one attached hydrogen (secondary N) is 1. The third-order valence-electron chi connectivity index (χ3n) is 3.67. The number of thioether (sulfide) groups is 1. The predicted molar refractivity (Wildman–Crippen MR) is 83.0 cm³/mol. The van der Waals surface area contributed by atoms with Crippen molar-refractivity contribution in [1.82, 2.24) is 10.2 Å². The van der Waals surface area contributed by atoms with Gasteiger partial charge in [0, 0.05) is 11.8 Å². The van der Waals surface area contributed by atoms with Crippen LogP contribution in [0.5, 0.6) is 5.75 Å². The molecular formula is C15H22N2O2S. The summed E-state index contributed by atoms with van der Waals surface area (Å²) >= 11 is 1.83. The standard InChI is InChI=1S/C15H22N2O2S/c1-11(20-3)7-8-17-14(18)10-16-15(17)12-5-4-6-13(9-12)19-2/h4-6,9,11,15-16H,7-8,10H2,1-3H3. The SMILES string of the molecule is COc1cccc(C2NCC(=O)N2CCC(C)SC)c1. The van der Waals surface area contributed by atoms with E-state index in [-0.39, 0.29) is 12.1 Å². The summed E-state index contributed by atoms with van der Waals surface area (Å²) in [5, 5.41) is 3.84. The number of benzene rings is 1. The molecule has 1 fully saturated rings. The van der Waals surface area contributed by atoms with E-state index in [1.165, 1.54) is 0 Å². The van der Waals surface area contributed by atoms with Crippen molar-refractivity contribution in [2.75, 3.05) is 26.5 Å². The third-order valence-corrected chi connectivity index (χ3v) is 4.71. The Kier molecular flexibility index (Phi) is 5.31. The fraction of sp³-hybridized carbons (Fsp3) is 0.533. The van der Waals surface area contributed by atoms with Gasteiger partial charge in [-0.15, -0.1) is 0 Å². The average molecular weight is 294 g/mol. The van der Waals surface area contributed by atoms with Crippen molar-refractivity contribution in [2.24, 2.45) is 0 Å².